The van der Waals surface area contributed by atoms with E-state index in [0.717, 1.165) is 11.1 Å². The lowest BCUT2D eigenvalue weighted by Crippen LogP contribution is -2.16. The Balaban J connectivity index is 2.08. The molecule has 0 aliphatic heterocycles. The fourth-order valence-corrected chi connectivity index (χ4v) is 4.99. The molecule has 0 aromatic heterocycles. The van der Waals surface area contributed by atoms with Crippen molar-refractivity contribution in [1.29, 1.82) is 0 Å². The number of sulfonamides is 1. The molecule has 0 amide bonds. The van der Waals surface area contributed by atoms with Crippen molar-refractivity contribution in [3.63, 3.8) is 0 Å². The van der Waals surface area contributed by atoms with Crippen molar-refractivity contribution in [3.05, 3.63) is 65.2 Å². The monoisotopic (exact) mass is 541 g/mol. The normalized spacial score (nSPS) is 11.8. The van der Waals surface area contributed by atoms with Gasteiger partial charge in [0, 0.05) is 5.56 Å². The van der Waals surface area contributed by atoms with Crippen molar-refractivity contribution < 1.29 is 32.1 Å². The van der Waals surface area contributed by atoms with Crippen LogP contribution in [0.15, 0.2) is 53.4 Å². The Labute approximate surface area is 225 Å². The van der Waals surface area contributed by atoms with Crippen LogP contribution in [0, 0.1) is 0 Å². The van der Waals surface area contributed by atoms with Gasteiger partial charge in [-0.2, -0.15) is 0 Å². The number of nitrogens with one attached hydrogen (secondary N) is 1. The fraction of sp³-hybridized carbons (Fsp3) is 0.310. The van der Waals surface area contributed by atoms with Crippen LogP contribution in [-0.4, -0.2) is 44.0 Å². The van der Waals surface area contributed by atoms with Gasteiger partial charge in [-0.3, -0.25) is 4.72 Å². The fourth-order valence-electron chi connectivity index (χ4n) is 3.90. The molecule has 38 heavy (non-hydrogen) atoms. The molecular formula is C29H35NO7S. The number of ether oxygens (including phenoxy) is 5. The van der Waals surface area contributed by atoms with Crippen LogP contribution in [0.3, 0.4) is 0 Å². The molecule has 3 aromatic carbocycles. The van der Waals surface area contributed by atoms with Gasteiger partial charge in [-0.1, -0.05) is 45.1 Å². The molecule has 3 aromatic rings. The molecule has 0 saturated heterocycles. The van der Waals surface area contributed by atoms with E-state index in [1.807, 2.05) is 18.2 Å². The molecule has 9 heteroatoms. The van der Waals surface area contributed by atoms with Crippen LogP contribution >= 0.6 is 0 Å². The number of hydrogen-bond donors (Lipinski definition) is 1. The van der Waals surface area contributed by atoms with E-state index < -0.39 is 10.0 Å². The zero-order chi connectivity index (χ0) is 28.1. The highest BCUT2D eigenvalue weighted by Gasteiger charge is 2.22. The lowest BCUT2D eigenvalue weighted by atomic mass is 9.87. The van der Waals surface area contributed by atoms with Crippen LogP contribution in [-0.2, 0) is 15.4 Å². The van der Waals surface area contributed by atoms with E-state index in [9.17, 15) is 8.42 Å². The highest BCUT2D eigenvalue weighted by Crippen LogP contribution is 2.41. The predicted molar refractivity (Wildman–Crippen MR) is 151 cm³/mol. The van der Waals surface area contributed by atoms with Crippen molar-refractivity contribution in [1.82, 2.24) is 0 Å². The Kier molecular flexibility index (Phi) is 8.83. The predicted octanol–water partition coefficient (Wildman–Crippen LogP) is 6.00. The third-order valence-corrected chi connectivity index (χ3v) is 7.35. The summed E-state index contributed by atoms with van der Waals surface area (Å²) in [6.45, 7) is 6.22. The Morgan fingerprint density at radius 2 is 1.24 bits per heavy atom. The third kappa shape index (κ3) is 6.16. The molecule has 0 saturated carbocycles. The molecule has 0 atom stereocenters. The van der Waals surface area contributed by atoms with E-state index in [0.29, 0.717) is 28.6 Å². The first kappa shape index (κ1) is 28.7. The van der Waals surface area contributed by atoms with Crippen LogP contribution in [0.1, 0.15) is 37.5 Å². The lowest BCUT2D eigenvalue weighted by molar-refractivity contribution is 0.324. The Morgan fingerprint density at radius 3 is 1.71 bits per heavy atom. The topological polar surface area (TPSA) is 92.3 Å². The SMILES string of the molecule is COc1cc(/C=C\c2ccc(OC)c(OC)c2NS(=O)(=O)c2ccc(C(C)(C)C)cc2)cc(OC)c1OC. The maximum Gasteiger partial charge on any atom is 0.262 e. The second-order valence-corrected chi connectivity index (χ2v) is 11.1. The first-order chi connectivity index (χ1) is 18.0. The summed E-state index contributed by atoms with van der Waals surface area (Å²) < 4.78 is 56.8. The molecule has 0 aliphatic carbocycles. The number of rotatable bonds is 10. The molecule has 0 radical (unpaired) electrons. The maximum absolute atomic E-state index is 13.4. The highest BCUT2D eigenvalue weighted by atomic mass is 32.2. The molecule has 0 heterocycles. The van der Waals surface area contributed by atoms with Crippen molar-refractivity contribution in [2.75, 3.05) is 40.3 Å². The van der Waals surface area contributed by atoms with Crippen LogP contribution < -0.4 is 28.4 Å². The Hall–Kier alpha value is -3.85. The van der Waals surface area contributed by atoms with Gasteiger partial charge < -0.3 is 23.7 Å². The van der Waals surface area contributed by atoms with Crippen LogP contribution in [0.5, 0.6) is 28.7 Å². The second kappa shape index (κ2) is 11.7. The van der Waals surface area contributed by atoms with Gasteiger partial charge in [-0.05, 0) is 52.9 Å². The van der Waals surface area contributed by atoms with Crippen molar-refractivity contribution in [2.45, 2.75) is 31.1 Å². The molecule has 204 valence electrons. The molecule has 8 nitrogen and oxygen atoms in total. The summed E-state index contributed by atoms with van der Waals surface area (Å²) in [5.41, 5.74) is 2.49. The largest absolute Gasteiger partial charge is 0.493 e. The smallest absolute Gasteiger partial charge is 0.262 e. The van der Waals surface area contributed by atoms with E-state index in [-0.39, 0.29) is 21.7 Å². The third-order valence-electron chi connectivity index (χ3n) is 5.99. The summed E-state index contributed by atoms with van der Waals surface area (Å²) in [7, 11) is 3.63. The summed E-state index contributed by atoms with van der Waals surface area (Å²) in [4.78, 5) is 0.134. The lowest BCUT2D eigenvalue weighted by Gasteiger charge is -2.20. The first-order valence-electron chi connectivity index (χ1n) is 11.9. The van der Waals surface area contributed by atoms with E-state index >= 15 is 0 Å². The minimum Gasteiger partial charge on any atom is -0.493 e. The average Bonchev–Trinajstić information content (AvgIpc) is 2.90. The molecule has 1 N–H and O–H groups in total. The maximum atomic E-state index is 13.4. The van der Waals surface area contributed by atoms with Crippen LogP contribution in [0.4, 0.5) is 5.69 Å². The molecule has 0 aliphatic rings. The van der Waals surface area contributed by atoms with Crippen molar-refractivity contribution in [2.24, 2.45) is 0 Å². The number of hydrogen-bond acceptors (Lipinski definition) is 7. The number of benzene rings is 3. The van der Waals surface area contributed by atoms with E-state index in [1.54, 1.807) is 56.7 Å². The summed E-state index contributed by atoms with van der Waals surface area (Å²) in [5.74, 6) is 2.12. The second-order valence-electron chi connectivity index (χ2n) is 9.44. The Bertz CT molecular complexity index is 1380. The van der Waals surface area contributed by atoms with Crippen LogP contribution in [0.25, 0.3) is 12.2 Å². The summed E-state index contributed by atoms with van der Waals surface area (Å²) in [6.07, 6.45) is 3.57. The molecule has 0 spiro atoms. The minimum absolute atomic E-state index is 0.101. The minimum atomic E-state index is -3.94. The zero-order valence-electron chi connectivity index (χ0n) is 23.0. The first-order valence-corrected chi connectivity index (χ1v) is 13.3. The van der Waals surface area contributed by atoms with Gasteiger partial charge in [-0.15, -0.1) is 0 Å². The van der Waals surface area contributed by atoms with E-state index in [1.165, 1.54) is 21.3 Å². The standard InChI is InChI=1S/C29H35NO7S/c1-29(2,3)21-12-14-22(15-13-21)38(31,32)30-26-20(11-16-23(33-4)28(26)37-8)10-9-19-17-24(34-5)27(36-7)25(18-19)35-6/h9-18,30H,1-8H3/b10-9-. The molecule has 0 unspecified atom stereocenters. The molecule has 3 rings (SSSR count). The molecule has 0 fully saturated rings. The molecule has 0 bridgehead atoms. The van der Waals surface area contributed by atoms with Gasteiger partial charge in [0.15, 0.2) is 23.0 Å². The average molecular weight is 542 g/mol. The quantitative estimate of drug-likeness (QED) is 0.315. The zero-order valence-corrected chi connectivity index (χ0v) is 23.9. The van der Waals surface area contributed by atoms with E-state index in [2.05, 4.69) is 25.5 Å². The van der Waals surface area contributed by atoms with Crippen LogP contribution in [0.2, 0.25) is 0 Å². The number of methoxy groups -OCH3 is 5. The van der Waals surface area contributed by atoms with Crippen molar-refractivity contribution in [3.8, 4) is 28.7 Å². The van der Waals surface area contributed by atoms with Crippen molar-refractivity contribution >= 4 is 27.9 Å². The van der Waals surface area contributed by atoms with E-state index in [4.69, 9.17) is 23.7 Å². The van der Waals surface area contributed by atoms with Gasteiger partial charge in [-0.25, -0.2) is 8.42 Å². The number of anilines is 1. The highest BCUT2D eigenvalue weighted by molar-refractivity contribution is 7.92. The molecular weight excluding hydrogens is 506 g/mol. The van der Waals surface area contributed by atoms with Gasteiger partial charge in [0.05, 0.1) is 40.4 Å². The van der Waals surface area contributed by atoms with Gasteiger partial charge in [0.25, 0.3) is 10.0 Å². The van der Waals surface area contributed by atoms with Gasteiger partial charge in [0.2, 0.25) is 5.75 Å². The van der Waals surface area contributed by atoms with Gasteiger partial charge >= 0.3 is 0 Å². The Morgan fingerprint density at radius 1 is 0.684 bits per heavy atom. The summed E-state index contributed by atoms with van der Waals surface area (Å²) in [6, 6.07) is 13.9. The summed E-state index contributed by atoms with van der Waals surface area (Å²) in [5, 5.41) is 0. The van der Waals surface area contributed by atoms with Gasteiger partial charge in [0.1, 0.15) is 5.69 Å². The summed E-state index contributed by atoms with van der Waals surface area (Å²) >= 11 is 0.